The summed E-state index contributed by atoms with van der Waals surface area (Å²) >= 11 is 0. The molecule has 0 fully saturated rings. The highest BCUT2D eigenvalue weighted by Crippen LogP contribution is 2.26. The number of aromatic nitrogens is 2. The van der Waals surface area contributed by atoms with Gasteiger partial charge in [0.25, 0.3) is 0 Å². The fourth-order valence-electron chi connectivity index (χ4n) is 1.63. The molecule has 0 bridgehead atoms. The van der Waals surface area contributed by atoms with Gasteiger partial charge in [-0.2, -0.15) is 4.98 Å². The minimum Gasteiger partial charge on any atom is -0.367 e. The van der Waals surface area contributed by atoms with Crippen molar-refractivity contribution in [2.75, 3.05) is 6.61 Å². The van der Waals surface area contributed by atoms with E-state index in [4.69, 9.17) is 15.0 Å². The van der Waals surface area contributed by atoms with Crippen LogP contribution in [0.1, 0.15) is 52.8 Å². The van der Waals surface area contributed by atoms with Crippen molar-refractivity contribution in [1.29, 1.82) is 0 Å². The Morgan fingerprint density at radius 2 is 2.06 bits per heavy atom. The third-order valence-electron chi connectivity index (χ3n) is 3.35. The molecule has 104 valence electrons. The molecule has 1 heterocycles. The largest absolute Gasteiger partial charge is 0.367 e. The summed E-state index contributed by atoms with van der Waals surface area (Å²) in [6.45, 7) is 10.8. The number of hydrogen-bond donors (Lipinski definition) is 1. The summed E-state index contributed by atoms with van der Waals surface area (Å²) in [4.78, 5) is 4.41. The molecule has 0 saturated heterocycles. The van der Waals surface area contributed by atoms with Gasteiger partial charge in [-0.1, -0.05) is 25.9 Å². The highest BCUT2D eigenvalue weighted by Gasteiger charge is 2.31. The Morgan fingerprint density at radius 1 is 1.39 bits per heavy atom. The lowest BCUT2D eigenvalue weighted by Crippen LogP contribution is -2.29. The second-order valence-electron chi connectivity index (χ2n) is 5.14. The van der Waals surface area contributed by atoms with Crippen LogP contribution in [0.4, 0.5) is 0 Å². The van der Waals surface area contributed by atoms with Crippen molar-refractivity contribution in [1.82, 2.24) is 10.1 Å². The van der Waals surface area contributed by atoms with Gasteiger partial charge in [0.1, 0.15) is 5.60 Å². The molecule has 5 nitrogen and oxygen atoms in total. The molecule has 0 aliphatic carbocycles. The SMILES string of the molecule is CCOC(C)(CC)c1noc(CC(N)C(C)C)n1. The van der Waals surface area contributed by atoms with Crippen LogP contribution in [0.3, 0.4) is 0 Å². The van der Waals surface area contributed by atoms with Crippen LogP contribution in [-0.4, -0.2) is 22.8 Å². The standard InChI is InChI=1S/C13H25N3O2/c1-6-13(5,17-7-2)12-15-11(18-16-12)8-10(14)9(3)4/h9-10H,6-8,14H2,1-5H3. The Hall–Kier alpha value is -0.940. The molecule has 1 aromatic heterocycles. The molecule has 5 heteroatoms. The molecular weight excluding hydrogens is 230 g/mol. The van der Waals surface area contributed by atoms with Crippen LogP contribution in [0.2, 0.25) is 0 Å². The smallest absolute Gasteiger partial charge is 0.228 e. The Labute approximate surface area is 109 Å². The van der Waals surface area contributed by atoms with Crippen molar-refractivity contribution < 1.29 is 9.26 Å². The highest BCUT2D eigenvalue weighted by atomic mass is 16.5. The fourth-order valence-corrected chi connectivity index (χ4v) is 1.63. The fraction of sp³-hybridized carbons (Fsp3) is 0.846. The normalized spacial score (nSPS) is 16.8. The van der Waals surface area contributed by atoms with Gasteiger partial charge >= 0.3 is 0 Å². The third kappa shape index (κ3) is 3.53. The summed E-state index contributed by atoms with van der Waals surface area (Å²) in [6, 6.07) is 0.0401. The van der Waals surface area contributed by atoms with Gasteiger partial charge in [0.15, 0.2) is 0 Å². The lowest BCUT2D eigenvalue weighted by molar-refractivity contribution is -0.0403. The molecule has 0 spiro atoms. The van der Waals surface area contributed by atoms with Crippen molar-refractivity contribution in [3.8, 4) is 0 Å². The molecular formula is C13H25N3O2. The van der Waals surface area contributed by atoms with Gasteiger partial charge in [-0.15, -0.1) is 0 Å². The van der Waals surface area contributed by atoms with Gasteiger partial charge < -0.3 is 15.0 Å². The first-order chi connectivity index (χ1) is 8.42. The van der Waals surface area contributed by atoms with Crippen LogP contribution >= 0.6 is 0 Å². The summed E-state index contributed by atoms with van der Waals surface area (Å²) in [5.74, 6) is 1.59. The maximum absolute atomic E-state index is 6.00. The van der Waals surface area contributed by atoms with E-state index in [1.807, 2.05) is 20.8 Å². The van der Waals surface area contributed by atoms with Crippen LogP contribution in [-0.2, 0) is 16.8 Å². The lowest BCUT2D eigenvalue weighted by atomic mass is 10.0. The van der Waals surface area contributed by atoms with E-state index in [9.17, 15) is 0 Å². The Morgan fingerprint density at radius 3 is 2.56 bits per heavy atom. The van der Waals surface area contributed by atoms with E-state index in [1.165, 1.54) is 0 Å². The molecule has 2 N–H and O–H groups in total. The first-order valence-electron chi connectivity index (χ1n) is 6.65. The van der Waals surface area contributed by atoms with Gasteiger partial charge in [0.05, 0.1) is 0 Å². The molecule has 18 heavy (non-hydrogen) atoms. The second kappa shape index (κ2) is 6.29. The zero-order chi connectivity index (χ0) is 13.8. The van der Waals surface area contributed by atoms with Crippen LogP contribution < -0.4 is 5.73 Å². The number of nitrogens with two attached hydrogens (primary N) is 1. The average Bonchev–Trinajstić information content (AvgIpc) is 2.78. The monoisotopic (exact) mass is 255 g/mol. The first-order valence-corrected chi connectivity index (χ1v) is 6.65. The van der Waals surface area contributed by atoms with E-state index in [-0.39, 0.29) is 6.04 Å². The van der Waals surface area contributed by atoms with Gasteiger partial charge in [-0.3, -0.25) is 0 Å². The number of rotatable bonds is 7. The minimum absolute atomic E-state index is 0.0401. The molecule has 0 saturated carbocycles. The quantitative estimate of drug-likeness (QED) is 0.809. The number of ether oxygens (including phenoxy) is 1. The predicted molar refractivity (Wildman–Crippen MR) is 70.1 cm³/mol. The van der Waals surface area contributed by atoms with E-state index < -0.39 is 5.60 Å². The van der Waals surface area contributed by atoms with E-state index in [1.54, 1.807) is 0 Å². The molecule has 1 aromatic rings. The van der Waals surface area contributed by atoms with Gasteiger partial charge in [-0.05, 0) is 26.2 Å². The summed E-state index contributed by atoms with van der Waals surface area (Å²) in [5, 5.41) is 4.02. The summed E-state index contributed by atoms with van der Waals surface area (Å²) in [7, 11) is 0. The van der Waals surface area contributed by atoms with Crippen molar-refractivity contribution in [3.63, 3.8) is 0 Å². The first kappa shape index (κ1) is 15.1. The Balaban J connectivity index is 2.78. The molecule has 2 atom stereocenters. The molecule has 0 aromatic carbocycles. The topological polar surface area (TPSA) is 74.2 Å². The van der Waals surface area contributed by atoms with Crippen LogP contribution in [0.15, 0.2) is 4.52 Å². The third-order valence-corrected chi connectivity index (χ3v) is 3.35. The highest BCUT2D eigenvalue weighted by molar-refractivity contribution is 5.00. The molecule has 0 radical (unpaired) electrons. The molecule has 2 unspecified atom stereocenters. The molecule has 0 aliphatic rings. The lowest BCUT2D eigenvalue weighted by Gasteiger charge is -2.23. The zero-order valence-corrected chi connectivity index (χ0v) is 12.1. The van der Waals surface area contributed by atoms with E-state index in [0.717, 1.165) is 6.42 Å². The second-order valence-corrected chi connectivity index (χ2v) is 5.14. The number of nitrogens with zero attached hydrogens (tertiary/aromatic N) is 2. The van der Waals surface area contributed by atoms with Crippen molar-refractivity contribution in [2.45, 2.75) is 59.1 Å². The van der Waals surface area contributed by atoms with Crippen molar-refractivity contribution in [3.05, 3.63) is 11.7 Å². The zero-order valence-electron chi connectivity index (χ0n) is 12.1. The van der Waals surface area contributed by atoms with E-state index >= 15 is 0 Å². The van der Waals surface area contributed by atoms with Gasteiger partial charge in [-0.25, -0.2) is 0 Å². The predicted octanol–water partition coefficient (Wildman–Crippen LogP) is 2.26. The summed E-state index contributed by atoms with van der Waals surface area (Å²) in [6.07, 6.45) is 1.41. The van der Waals surface area contributed by atoms with Crippen molar-refractivity contribution >= 4 is 0 Å². The Bertz CT molecular complexity index is 365. The minimum atomic E-state index is -0.474. The van der Waals surface area contributed by atoms with Crippen molar-refractivity contribution in [2.24, 2.45) is 11.7 Å². The van der Waals surface area contributed by atoms with Crippen LogP contribution in [0, 0.1) is 5.92 Å². The Kier molecular flexibility index (Phi) is 5.28. The van der Waals surface area contributed by atoms with Gasteiger partial charge in [0, 0.05) is 19.1 Å². The van der Waals surface area contributed by atoms with Crippen LogP contribution in [0.5, 0.6) is 0 Å². The number of hydrogen-bond acceptors (Lipinski definition) is 5. The maximum Gasteiger partial charge on any atom is 0.228 e. The van der Waals surface area contributed by atoms with E-state index in [2.05, 4.69) is 24.0 Å². The molecule has 0 aliphatic heterocycles. The summed E-state index contributed by atoms with van der Waals surface area (Å²) < 4.78 is 11.0. The summed E-state index contributed by atoms with van der Waals surface area (Å²) in [5.41, 5.74) is 5.53. The molecule has 1 rings (SSSR count). The average molecular weight is 255 g/mol. The molecule has 0 amide bonds. The van der Waals surface area contributed by atoms with Gasteiger partial charge in [0.2, 0.25) is 11.7 Å². The maximum atomic E-state index is 6.00. The van der Waals surface area contributed by atoms with E-state index in [0.29, 0.717) is 30.7 Å². The van der Waals surface area contributed by atoms with Crippen LogP contribution in [0.25, 0.3) is 0 Å².